The van der Waals surface area contributed by atoms with Crippen molar-refractivity contribution in [1.29, 1.82) is 0 Å². The van der Waals surface area contributed by atoms with Gasteiger partial charge in [0, 0.05) is 11.9 Å². The lowest BCUT2D eigenvalue weighted by molar-refractivity contribution is -0.143. The van der Waals surface area contributed by atoms with Gasteiger partial charge >= 0.3 is 0 Å². The summed E-state index contributed by atoms with van der Waals surface area (Å²) in [5.74, 6) is 3.89. The Bertz CT molecular complexity index is 626. The van der Waals surface area contributed by atoms with Gasteiger partial charge in [0.05, 0.1) is 11.3 Å². The third kappa shape index (κ3) is 2.57. The molecule has 0 unspecified atom stereocenters. The Hall–Kier alpha value is -2.48. The van der Waals surface area contributed by atoms with Crippen LogP contribution < -0.4 is 16.6 Å². The summed E-state index contributed by atoms with van der Waals surface area (Å²) in [6.45, 7) is 4.71. The van der Waals surface area contributed by atoms with E-state index in [1.807, 2.05) is 0 Å². The largest absolute Gasteiger partial charge is 0.323 e. The summed E-state index contributed by atoms with van der Waals surface area (Å²) in [7, 11) is 0. The van der Waals surface area contributed by atoms with E-state index in [1.54, 1.807) is 26.8 Å². The maximum absolute atomic E-state index is 12.7. The van der Waals surface area contributed by atoms with Gasteiger partial charge in [-0.15, -0.1) is 0 Å². The summed E-state index contributed by atoms with van der Waals surface area (Å²) in [4.78, 5) is 41.4. The van der Waals surface area contributed by atoms with E-state index in [-0.39, 0.29) is 12.1 Å². The fourth-order valence-corrected chi connectivity index (χ4v) is 2.10. The normalized spacial score (nSPS) is 17.4. The Balaban J connectivity index is 2.43. The minimum absolute atomic E-state index is 0.199. The molecule has 0 aromatic carbocycles. The van der Waals surface area contributed by atoms with Crippen LogP contribution in [0.1, 0.15) is 29.9 Å². The van der Waals surface area contributed by atoms with Crippen LogP contribution in [0.5, 0.6) is 0 Å². The zero-order chi connectivity index (χ0) is 15.8. The molecule has 8 heteroatoms. The number of amides is 3. The standard InChI is InChI=1S/C13H17N5O3/c1-7-4-9(17-14)8(5-15-7)11(20)18-6-10(19)16-12(21)13(18,2)3/h4-5H,6,14H2,1-3H3,(H,15,17)(H,16,19,21). The summed E-state index contributed by atoms with van der Waals surface area (Å²) >= 11 is 0. The minimum Gasteiger partial charge on any atom is -0.323 e. The summed E-state index contributed by atoms with van der Waals surface area (Å²) < 4.78 is 0. The lowest BCUT2D eigenvalue weighted by Gasteiger charge is -2.40. The summed E-state index contributed by atoms with van der Waals surface area (Å²) in [6, 6.07) is 1.62. The molecule has 8 nitrogen and oxygen atoms in total. The van der Waals surface area contributed by atoms with Crippen LogP contribution in [0.2, 0.25) is 0 Å². The molecule has 1 aliphatic rings. The molecule has 1 aromatic heterocycles. The average Bonchev–Trinajstić information content (AvgIpc) is 2.42. The van der Waals surface area contributed by atoms with E-state index in [9.17, 15) is 14.4 Å². The monoisotopic (exact) mass is 291 g/mol. The Morgan fingerprint density at radius 3 is 2.76 bits per heavy atom. The van der Waals surface area contributed by atoms with Crippen molar-refractivity contribution in [3.05, 3.63) is 23.5 Å². The molecule has 1 fully saturated rings. The molecular weight excluding hydrogens is 274 g/mol. The van der Waals surface area contributed by atoms with Crippen LogP contribution >= 0.6 is 0 Å². The molecule has 0 radical (unpaired) electrons. The van der Waals surface area contributed by atoms with Crippen LogP contribution in [-0.2, 0) is 9.59 Å². The maximum Gasteiger partial charge on any atom is 0.258 e. The minimum atomic E-state index is -1.14. The predicted octanol–water partition coefficient (Wildman–Crippen LogP) is -0.447. The summed E-state index contributed by atoms with van der Waals surface area (Å²) in [5.41, 5.74) is 2.58. The number of nitrogens with one attached hydrogen (secondary N) is 2. The van der Waals surface area contributed by atoms with Crippen LogP contribution in [0.3, 0.4) is 0 Å². The van der Waals surface area contributed by atoms with E-state index < -0.39 is 23.3 Å². The Kier molecular flexibility index (Phi) is 3.65. The highest BCUT2D eigenvalue weighted by atomic mass is 16.2. The van der Waals surface area contributed by atoms with Gasteiger partial charge in [0.1, 0.15) is 12.1 Å². The number of anilines is 1. The fraction of sp³-hybridized carbons (Fsp3) is 0.385. The molecule has 2 heterocycles. The second kappa shape index (κ2) is 5.13. The topological polar surface area (TPSA) is 117 Å². The molecule has 112 valence electrons. The molecule has 0 aliphatic carbocycles. The highest BCUT2D eigenvalue weighted by Gasteiger charge is 2.44. The smallest absolute Gasteiger partial charge is 0.258 e. The van der Waals surface area contributed by atoms with Crippen LogP contribution in [0.15, 0.2) is 12.3 Å². The van der Waals surface area contributed by atoms with E-state index in [0.717, 1.165) is 0 Å². The highest BCUT2D eigenvalue weighted by molar-refractivity contribution is 6.10. The van der Waals surface area contributed by atoms with Gasteiger partial charge in [0.25, 0.3) is 11.8 Å². The van der Waals surface area contributed by atoms with Gasteiger partial charge in [0.2, 0.25) is 5.91 Å². The number of nitrogen functional groups attached to an aromatic ring is 1. The number of aryl methyl sites for hydroxylation is 1. The molecule has 1 aromatic rings. The zero-order valence-electron chi connectivity index (χ0n) is 12.1. The summed E-state index contributed by atoms with van der Waals surface area (Å²) in [5, 5.41) is 2.22. The molecule has 1 aliphatic heterocycles. The Labute approximate surface area is 121 Å². The van der Waals surface area contributed by atoms with Gasteiger partial charge in [0.15, 0.2) is 0 Å². The van der Waals surface area contributed by atoms with E-state index in [4.69, 9.17) is 5.84 Å². The van der Waals surface area contributed by atoms with Gasteiger partial charge in [-0.2, -0.15) is 0 Å². The fourth-order valence-electron chi connectivity index (χ4n) is 2.10. The van der Waals surface area contributed by atoms with Crippen molar-refractivity contribution in [2.24, 2.45) is 5.84 Å². The quantitative estimate of drug-likeness (QED) is 0.386. The first-order valence-corrected chi connectivity index (χ1v) is 6.37. The molecule has 0 atom stereocenters. The lowest BCUT2D eigenvalue weighted by Crippen LogP contribution is -2.65. The van der Waals surface area contributed by atoms with Crippen molar-refractivity contribution in [2.45, 2.75) is 26.3 Å². The van der Waals surface area contributed by atoms with Crippen molar-refractivity contribution in [3.8, 4) is 0 Å². The van der Waals surface area contributed by atoms with E-state index in [1.165, 1.54) is 11.1 Å². The third-order valence-electron chi connectivity index (χ3n) is 3.46. The number of rotatable bonds is 2. The van der Waals surface area contributed by atoms with Crippen molar-refractivity contribution in [1.82, 2.24) is 15.2 Å². The Morgan fingerprint density at radius 2 is 2.14 bits per heavy atom. The molecule has 2 rings (SSSR count). The first kappa shape index (κ1) is 14.9. The number of hydrogen-bond donors (Lipinski definition) is 3. The number of hydrazine groups is 1. The first-order chi connectivity index (χ1) is 9.77. The number of carbonyl (C=O) groups is 3. The molecule has 3 amide bonds. The van der Waals surface area contributed by atoms with Crippen molar-refractivity contribution in [2.75, 3.05) is 12.0 Å². The average molecular weight is 291 g/mol. The zero-order valence-corrected chi connectivity index (χ0v) is 12.1. The van der Waals surface area contributed by atoms with Crippen LogP contribution in [0.4, 0.5) is 5.69 Å². The SMILES string of the molecule is Cc1cc(NN)c(C(=O)N2CC(=O)NC(=O)C2(C)C)cn1. The lowest BCUT2D eigenvalue weighted by atomic mass is 9.97. The van der Waals surface area contributed by atoms with Crippen LogP contribution in [0.25, 0.3) is 0 Å². The van der Waals surface area contributed by atoms with E-state index in [2.05, 4.69) is 15.7 Å². The van der Waals surface area contributed by atoms with Crippen LogP contribution in [0, 0.1) is 6.92 Å². The molecule has 0 saturated carbocycles. The molecule has 4 N–H and O–H groups in total. The van der Waals surface area contributed by atoms with Gasteiger partial charge in [-0.05, 0) is 26.8 Å². The third-order valence-corrected chi connectivity index (χ3v) is 3.46. The van der Waals surface area contributed by atoms with Crippen molar-refractivity contribution in [3.63, 3.8) is 0 Å². The molecule has 1 saturated heterocycles. The van der Waals surface area contributed by atoms with Gasteiger partial charge < -0.3 is 10.3 Å². The van der Waals surface area contributed by atoms with E-state index in [0.29, 0.717) is 11.4 Å². The predicted molar refractivity (Wildman–Crippen MR) is 75.0 cm³/mol. The summed E-state index contributed by atoms with van der Waals surface area (Å²) in [6.07, 6.45) is 1.37. The number of carbonyl (C=O) groups excluding carboxylic acids is 3. The van der Waals surface area contributed by atoms with Gasteiger partial charge in [-0.3, -0.25) is 30.5 Å². The Morgan fingerprint density at radius 1 is 1.48 bits per heavy atom. The second-order valence-electron chi connectivity index (χ2n) is 5.34. The number of piperazine rings is 1. The van der Waals surface area contributed by atoms with Gasteiger partial charge in [-0.25, -0.2) is 0 Å². The maximum atomic E-state index is 12.7. The first-order valence-electron chi connectivity index (χ1n) is 6.37. The molecule has 0 spiro atoms. The number of hydrogen-bond acceptors (Lipinski definition) is 6. The van der Waals surface area contributed by atoms with E-state index >= 15 is 0 Å². The number of pyridine rings is 1. The number of aromatic nitrogens is 1. The number of imide groups is 1. The second-order valence-corrected chi connectivity index (χ2v) is 5.34. The number of nitrogens with zero attached hydrogens (tertiary/aromatic N) is 2. The van der Waals surface area contributed by atoms with Gasteiger partial charge in [-0.1, -0.05) is 0 Å². The number of nitrogens with two attached hydrogens (primary N) is 1. The molecule has 21 heavy (non-hydrogen) atoms. The molecular formula is C13H17N5O3. The molecule has 0 bridgehead atoms. The van der Waals surface area contributed by atoms with Crippen molar-refractivity contribution < 1.29 is 14.4 Å². The van der Waals surface area contributed by atoms with Crippen LogP contribution in [-0.4, -0.2) is 39.7 Å². The van der Waals surface area contributed by atoms with Crippen molar-refractivity contribution >= 4 is 23.4 Å². The highest BCUT2D eigenvalue weighted by Crippen LogP contribution is 2.24.